The number of amides is 2. The minimum absolute atomic E-state index is 0.0651. The Bertz CT molecular complexity index is 1080. The van der Waals surface area contributed by atoms with E-state index in [-0.39, 0.29) is 54.7 Å². The summed E-state index contributed by atoms with van der Waals surface area (Å²) < 4.78 is 34.5. The summed E-state index contributed by atoms with van der Waals surface area (Å²) in [5.41, 5.74) is 0.379. The van der Waals surface area contributed by atoms with Crippen molar-refractivity contribution in [3.63, 3.8) is 0 Å². The monoisotopic (exact) mass is 474 g/mol. The molecule has 3 atom stereocenters. The predicted octanol–water partition coefficient (Wildman–Crippen LogP) is 1.62. The lowest BCUT2D eigenvalue weighted by atomic mass is 10.1. The number of carbonyl (C=O) groups excluding carboxylic acids is 3. The van der Waals surface area contributed by atoms with Crippen LogP contribution in [0.25, 0.3) is 0 Å². The zero-order chi connectivity index (χ0) is 24.4. The van der Waals surface area contributed by atoms with E-state index in [4.69, 9.17) is 4.74 Å². The third kappa shape index (κ3) is 4.79. The van der Waals surface area contributed by atoms with Gasteiger partial charge in [0.05, 0.1) is 24.3 Å². The minimum Gasteiger partial charge on any atom is -0.442 e. The molecule has 3 unspecified atom stereocenters. The lowest BCUT2D eigenvalue weighted by Gasteiger charge is -2.23. The van der Waals surface area contributed by atoms with Gasteiger partial charge in [0, 0.05) is 37.9 Å². The van der Waals surface area contributed by atoms with E-state index in [9.17, 15) is 28.3 Å². The van der Waals surface area contributed by atoms with Crippen LogP contribution >= 0.6 is 0 Å². The Morgan fingerprint density at radius 2 is 2.03 bits per heavy atom. The topological polar surface area (TPSA) is 111 Å². The van der Waals surface area contributed by atoms with Crippen LogP contribution in [0.5, 0.6) is 0 Å². The third-order valence-corrected chi connectivity index (χ3v) is 5.85. The Morgan fingerprint density at radius 1 is 1.32 bits per heavy atom. The fourth-order valence-electron chi connectivity index (χ4n) is 4.21. The van der Waals surface area contributed by atoms with Gasteiger partial charge in [0.25, 0.3) is 5.91 Å². The van der Waals surface area contributed by atoms with E-state index < -0.39 is 35.8 Å². The van der Waals surface area contributed by atoms with Crippen LogP contribution in [-0.4, -0.2) is 79.8 Å². The van der Waals surface area contributed by atoms with Gasteiger partial charge in [-0.05, 0) is 18.2 Å². The maximum atomic E-state index is 14.7. The lowest BCUT2D eigenvalue weighted by molar-refractivity contribution is 0.0695. The van der Waals surface area contributed by atoms with Crippen molar-refractivity contribution in [2.24, 2.45) is 0 Å². The number of likely N-dealkylation sites (N-methyl/N-ethyl adjacent to an activating group) is 1. The Hall–Kier alpha value is -3.73. The number of hydrogen-bond acceptors (Lipinski definition) is 7. The summed E-state index contributed by atoms with van der Waals surface area (Å²) in [6.45, 7) is 0.267. The number of ether oxygens (including phenoxy) is 1. The highest BCUT2D eigenvalue weighted by atomic mass is 19.1. The molecule has 2 aromatic rings. The second-order valence-corrected chi connectivity index (χ2v) is 8.31. The van der Waals surface area contributed by atoms with Crippen molar-refractivity contribution in [3.8, 4) is 0 Å². The zero-order valence-corrected chi connectivity index (χ0v) is 18.3. The van der Waals surface area contributed by atoms with Crippen molar-refractivity contribution < 1.29 is 33.0 Å². The summed E-state index contributed by atoms with van der Waals surface area (Å²) in [5.74, 6) is -2.01. The molecule has 0 aliphatic carbocycles. The molecular weight excluding hydrogens is 450 g/mol. The quantitative estimate of drug-likeness (QED) is 0.499. The average molecular weight is 474 g/mol. The fourth-order valence-corrected chi connectivity index (χ4v) is 4.21. The molecule has 2 amide bonds. The van der Waals surface area contributed by atoms with E-state index >= 15 is 0 Å². The molecule has 4 rings (SSSR count). The van der Waals surface area contributed by atoms with Gasteiger partial charge >= 0.3 is 6.09 Å². The van der Waals surface area contributed by atoms with Gasteiger partial charge < -0.3 is 30.3 Å². The van der Waals surface area contributed by atoms with Crippen LogP contribution < -0.4 is 15.5 Å². The number of aldehydes is 1. The van der Waals surface area contributed by atoms with E-state index in [1.807, 2.05) is 0 Å². The van der Waals surface area contributed by atoms with Crippen LogP contribution in [0.15, 0.2) is 36.4 Å². The van der Waals surface area contributed by atoms with Gasteiger partial charge in [-0.2, -0.15) is 0 Å². The largest absolute Gasteiger partial charge is 0.442 e. The average Bonchev–Trinajstić information content (AvgIpc) is 3.33. The minimum atomic E-state index is -1.04. The number of carbonyl (C=O) groups is 3. The molecule has 2 saturated heterocycles. The Balaban J connectivity index is 1.34. The Morgan fingerprint density at radius 3 is 2.71 bits per heavy atom. The number of aliphatic hydroxyl groups excluding tert-OH is 1. The van der Waals surface area contributed by atoms with Crippen LogP contribution in [0.1, 0.15) is 20.7 Å². The van der Waals surface area contributed by atoms with Gasteiger partial charge in [-0.1, -0.05) is 18.2 Å². The van der Waals surface area contributed by atoms with Crippen LogP contribution in [-0.2, 0) is 4.74 Å². The summed E-state index contributed by atoms with van der Waals surface area (Å²) in [4.78, 5) is 37.7. The highest BCUT2D eigenvalue weighted by Gasteiger charge is 2.43. The Labute approximate surface area is 194 Å². The lowest BCUT2D eigenvalue weighted by Crippen LogP contribution is -2.37. The number of halogens is 2. The van der Waals surface area contributed by atoms with Gasteiger partial charge in [-0.3, -0.25) is 9.59 Å². The molecule has 2 fully saturated rings. The molecule has 0 radical (unpaired) electrons. The first-order valence-corrected chi connectivity index (χ1v) is 10.7. The van der Waals surface area contributed by atoms with E-state index in [1.54, 1.807) is 12.1 Å². The first-order valence-electron chi connectivity index (χ1n) is 10.7. The van der Waals surface area contributed by atoms with Crippen molar-refractivity contribution in [1.29, 1.82) is 0 Å². The number of nitrogens with zero attached hydrogens (tertiary/aromatic N) is 2. The number of hydrogen-bond donors (Lipinski definition) is 3. The van der Waals surface area contributed by atoms with Crippen LogP contribution in [0.3, 0.4) is 0 Å². The molecule has 3 N–H and O–H groups in total. The number of anilines is 2. The van der Waals surface area contributed by atoms with E-state index in [0.717, 1.165) is 12.1 Å². The molecule has 0 bridgehead atoms. The smallest absolute Gasteiger partial charge is 0.407 e. The standard InChI is InChI=1S/C23H24F2N4O5/c1-28(22(32)16-5-3-2-4-13(16)12-30)9-15(31)8-26-14-6-17(24)21(18(25)7-14)29-10-19-20(11-29)34-23(33)27-19/h2-7,12,15,19-20,26,31H,8-11H2,1H3,(H,27,33). The number of nitrogens with one attached hydrogen (secondary N) is 2. The summed E-state index contributed by atoms with van der Waals surface area (Å²) >= 11 is 0. The summed E-state index contributed by atoms with van der Waals surface area (Å²) in [5, 5.41) is 15.7. The zero-order valence-electron chi connectivity index (χ0n) is 18.3. The molecule has 2 aliphatic heterocycles. The summed E-state index contributed by atoms with van der Waals surface area (Å²) in [7, 11) is 1.48. The molecule has 0 saturated carbocycles. The maximum Gasteiger partial charge on any atom is 0.407 e. The third-order valence-electron chi connectivity index (χ3n) is 5.85. The second kappa shape index (κ2) is 9.64. The molecule has 2 aromatic carbocycles. The normalized spacial score (nSPS) is 19.8. The predicted molar refractivity (Wildman–Crippen MR) is 119 cm³/mol. The van der Waals surface area contributed by atoms with Gasteiger partial charge in [-0.15, -0.1) is 0 Å². The molecule has 0 aromatic heterocycles. The maximum absolute atomic E-state index is 14.7. The van der Waals surface area contributed by atoms with E-state index in [1.165, 1.54) is 29.0 Å². The summed E-state index contributed by atoms with van der Waals surface area (Å²) in [6.07, 6.45) is -1.45. The summed E-state index contributed by atoms with van der Waals surface area (Å²) in [6, 6.07) is 8.24. The van der Waals surface area contributed by atoms with Crippen LogP contribution in [0.2, 0.25) is 0 Å². The van der Waals surface area contributed by atoms with Crippen molar-refractivity contribution in [1.82, 2.24) is 10.2 Å². The Kier molecular flexibility index (Phi) is 6.64. The van der Waals surface area contributed by atoms with Crippen LogP contribution in [0.4, 0.5) is 25.0 Å². The van der Waals surface area contributed by atoms with Gasteiger partial charge in [-0.25, -0.2) is 13.6 Å². The van der Waals surface area contributed by atoms with Gasteiger partial charge in [0.2, 0.25) is 0 Å². The molecule has 2 aliphatic rings. The van der Waals surface area contributed by atoms with E-state index in [2.05, 4.69) is 10.6 Å². The van der Waals surface area contributed by atoms with Crippen molar-refractivity contribution in [3.05, 3.63) is 59.2 Å². The molecule has 2 heterocycles. The first-order chi connectivity index (χ1) is 16.3. The molecule has 34 heavy (non-hydrogen) atoms. The van der Waals surface area contributed by atoms with E-state index in [0.29, 0.717) is 6.29 Å². The SMILES string of the molecule is CN(CC(O)CNc1cc(F)c(N2CC3NC(=O)OC3C2)c(F)c1)C(=O)c1ccccc1C=O. The highest BCUT2D eigenvalue weighted by Crippen LogP contribution is 2.31. The number of rotatable bonds is 8. The van der Waals surface area contributed by atoms with Crippen molar-refractivity contribution >= 4 is 29.7 Å². The molecular formula is C23H24F2N4O5. The first kappa shape index (κ1) is 23.4. The highest BCUT2D eigenvalue weighted by molar-refractivity contribution is 6.01. The van der Waals surface area contributed by atoms with Crippen molar-refractivity contribution in [2.75, 3.05) is 43.4 Å². The molecule has 11 heteroatoms. The second-order valence-electron chi connectivity index (χ2n) is 8.31. The number of benzene rings is 2. The van der Waals surface area contributed by atoms with Crippen LogP contribution in [0, 0.1) is 11.6 Å². The number of aliphatic hydroxyl groups is 1. The molecule has 9 nitrogen and oxygen atoms in total. The van der Waals surface area contributed by atoms with Gasteiger partial charge in [0.1, 0.15) is 11.8 Å². The molecule has 0 spiro atoms. The fraction of sp³-hybridized carbons (Fsp3) is 0.348. The molecule has 180 valence electrons. The number of alkyl carbamates (subject to hydrolysis) is 1. The number of fused-ring (bicyclic) bond motifs is 1. The van der Waals surface area contributed by atoms with Gasteiger partial charge in [0.15, 0.2) is 17.9 Å². The van der Waals surface area contributed by atoms with Crippen molar-refractivity contribution in [2.45, 2.75) is 18.2 Å².